The quantitative estimate of drug-likeness (QED) is 0.897. The molecule has 0 spiro atoms. The predicted molar refractivity (Wildman–Crippen MR) is 78.6 cm³/mol. The smallest absolute Gasteiger partial charge is 0.127 e. The van der Waals surface area contributed by atoms with Gasteiger partial charge in [0.05, 0.1) is 6.10 Å². The molecule has 1 aliphatic heterocycles. The van der Waals surface area contributed by atoms with E-state index in [4.69, 9.17) is 16.3 Å². The van der Waals surface area contributed by atoms with Crippen LogP contribution in [-0.4, -0.2) is 25.3 Å². The summed E-state index contributed by atoms with van der Waals surface area (Å²) >= 11 is 6.19. The fraction of sp³-hybridized carbons (Fsp3) is 0.625. The number of halogens is 2. The second kappa shape index (κ2) is 5.63. The Kier molecular flexibility index (Phi) is 4.02. The van der Waals surface area contributed by atoms with E-state index in [2.05, 4.69) is 12.2 Å². The van der Waals surface area contributed by atoms with Crippen molar-refractivity contribution < 1.29 is 9.13 Å². The molecule has 1 N–H and O–H groups in total. The van der Waals surface area contributed by atoms with Crippen molar-refractivity contribution >= 4 is 11.6 Å². The molecule has 1 aromatic carbocycles. The molecule has 1 saturated carbocycles. The van der Waals surface area contributed by atoms with Gasteiger partial charge in [0.2, 0.25) is 0 Å². The molecule has 1 heterocycles. The minimum atomic E-state index is -0.206. The summed E-state index contributed by atoms with van der Waals surface area (Å²) in [6, 6.07) is 5.56. The summed E-state index contributed by atoms with van der Waals surface area (Å²) in [5, 5.41) is 4.11. The molecule has 2 aliphatic rings. The normalized spacial score (nSPS) is 29.9. The standard InChI is InChI=1S/C16H21ClFNO/c1-11-16(7-8-20-11,10-19-12-5-6-12)9-13-14(17)3-2-4-15(13)18/h2-4,11-12,19H,5-10H2,1H3. The van der Waals surface area contributed by atoms with Crippen LogP contribution in [0.2, 0.25) is 5.02 Å². The van der Waals surface area contributed by atoms with E-state index in [0.717, 1.165) is 19.6 Å². The van der Waals surface area contributed by atoms with Crippen LogP contribution in [0.5, 0.6) is 0 Å². The van der Waals surface area contributed by atoms with Gasteiger partial charge in [-0.1, -0.05) is 17.7 Å². The largest absolute Gasteiger partial charge is 0.378 e. The zero-order valence-corrected chi connectivity index (χ0v) is 12.5. The lowest BCUT2D eigenvalue weighted by molar-refractivity contribution is 0.0624. The van der Waals surface area contributed by atoms with Gasteiger partial charge in [-0.25, -0.2) is 4.39 Å². The molecule has 1 aromatic rings. The van der Waals surface area contributed by atoms with E-state index in [1.165, 1.54) is 18.9 Å². The zero-order valence-electron chi connectivity index (χ0n) is 11.8. The fourth-order valence-electron chi connectivity index (χ4n) is 3.03. The Hall–Kier alpha value is -0.640. The van der Waals surface area contributed by atoms with Crippen LogP contribution in [0.25, 0.3) is 0 Å². The number of hydrogen-bond donors (Lipinski definition) is 1. The highest BCUT2D eigenvalue weighted by Gasteiger charge is 2.43. The van der Waals surface area contributed by atoms with Gasteiger partial charge < -0.3 is 10.1 Å². The Labute approximate surface area is 124 Å². The summed E-state index contributed by atoms with van der Waals surface area (Å²) < 4.78 is 19.8. The van der Waals surface area contributed by atoms with Gasteiger partial charge in [-0.05, 0) is 44.7 Å². The molecule has 0 aromatic heterocycles. The molecule has 0 amide bonds. The summed E-state index contributed by atoms with van der Waals surface area (Å²) in [6.07, 6.45) is 4.24. The molecule has 2 fully saturated rings. The fourth-order valence-corrected chi connectivity index (χ4v) is 3.26. The predicted octanol–water partition coefficient (Wildman–Crippen LogP) is 3.57. The van der Waals surface area contributed by atoms with Gasteiger partial charge in [0, 0.05) is 35.2 Å². The first kappa shape index (κ1) is 14.3. The van der Waals surface area contributed by atoms with Crippen LogP contribution >= 0.6 is 11.6 Å². The van der Waals surface area contributed by atoms with Crippen LogP contribution in [0.1, 0.15) is 31.7 Å². The van der Waals surface area contributed by atoms with Crippen molar-refractivity contribution in [3.05, 3.63) is 34.6 Å². The molecule has 0 bridgehead atoms. The van der Waals surface area contributed by atoms with E-state index in [-0.39, 0.29) is 17.3 Å². The Morgan fingerprint density at radius 3 is 2.85 bits per heavy atom. The summed E-state index contributed by atoms with van der Waals surface area (Å²) in [5.74, 6) is -0.206. The van der Waals surface area contributed by atoms with Crippen LogP contribution in [0.15, 0.2) is 18.2 Å². The average Bonchev–Trinajstić information content (AvgIpc) is 3.18. The third-order valence-corrected chi connectivity index (χ3v) is 5.09. The van der Waals surface area contributed by atoms with Crippen LogP contribution in [0.4, 0.5) is 4.39 Å². The molecular formula is C16H21ClFNO. The SMILES string of the molecule is CC1OCCC1(CNC1CC1)Cc1c(F)cccc1Cl. The van der Waals surface area contributed by atoms with Crippen molar-refractivity contribution in [3.8, 4) is 0 Å². The summed E-state index contributed by atoms with van der Waals surface area (Å²) in [5.41, 5.74) is 0.582. The van der Waals surface area contributed by atoms with E-state index >= 15 is 0 Å². The van der Waals surface area contributed by atoms with Crippen LogP contribution < -0.4 is 5.32 Å². The molecule has 4 heteroatoms. The maximum absolute atomic E-state index is 14.1. The molecule has 2 unspecified atom stereocenters. The second-order valence-corrected chi connectivity index (χ2v) is 6.56. The lowest BCUT2D eigenvalue weighted by atomic mass is 9.76. The summed E-state index contributed by atoms with van der Waals surface area (Å²) in [6.45, 7) is 3.72. The maximum Gasteiger partial charge on any atom is 0.127 e. The summed E-state index contributed by atoms with van der Waals surface area (Å²) in [7, 11) is 0. The maximum atomic E-state index is 14.1. The van der Waals surface area contributed by atoms with Gasteiger partial charge in [0.25, 0.3) is 0 Å². The number of hydrogen-bond acceptors (Lipinski definition) is 2. The Morgan fingerprint density at radius 1 is 1.45 bits per heavy atom. The van der Waals surface area contributed by atoms with Crippen LogP contribution in [0, 0.1) is 11.2 Å². The lowest BCUT2D eigenvalue weighted by Gasteiger charge is -2.33. The molecule has 3 rings (SSSR count). The topological polar surface area (TPSA) is 21.3 Å². The molecule has 1 saturated heterocycles. The van der Waals surface area contributed by atoms with Gasteiger partial charge >= 0.3 is 0 Å². The van der Waals surface area contributed by atoms with Gasteiger partial charge in [-0.2, -0.15) is 0 Å². The van der Waals surface area contributed by atoms with E-state index in [1.807, 2.05) is 0 Å². The monoisotopic (exact) mass is 297 g/mol. The lowest BCUT2D eigenvalue weighted by Crippen LogP contribution is -2.42. The first-order valence-corrected chi connectivity index (χ1v) is 7.76. The van der Waals surface area contributed by atoms with Gasteiger partial charge in [0.1, 0.15) is 5.82 Å². The highest BCUT2D eigenvalue weighted by molar-refractivity contribution is 6.31. The van der Waals surface area contributed by atoms with Crippen LogP contribution in [-0.2, 0) is 11.2 Å². The molecule has 110 valence electrons. The third-order valence-electron chi connectivity index (χ3n) is 4.74. The zero-order chi connectivity index (χ0) is 14.2. The number of ether oxygens (including phenoxy) is 1. The van der Waals surface area contributed by atoms with E-state index in [1.54, 1.807) is 12.1 Å². The Balaban J connectivity index is 1.82. The van der Waals surface area contributed by atoms with Gasteiger partial charge in [-0.3, -0.25) is 0 Å². The number of benzene rings is 1. The molecule has 1 aliphatic carbocycles. The number of rotatable bonds is 5. The van der Waals surface area contributed by atoms with E-state index in [9.17, 15) is 4.39 Å². The van der Waals surface area contributed by atoms with Crippen molar-refractivity contribution in [3.63, 3.8) is 0 Å². The Bertz CT molecular complexity index is 471. The minimum Gasteiger partial charge on any atom is -0.378 e. The highest BCUT2D eigenvalue weighted by atomic mass is 35.5. The van der Waals surface area contributed by atoms with Gasteiger partial charge in [-0.15, -0.1) is 0 Å². The molecule has 0 radical (unpaired) electrons. The van der Waals surface area contributed by atoms with Crippen molar-refractivity contribution in [2.45, 2.75) is 44.8 Å². The van der Waals surface area contributed by atoms with Crippen molar-refractivity contribution in [2.24, 2.45) is 5.41 Å². The molecule has 2 atom stereocenters. The Morgan fingerprint density at radius 2 is 2.25 bits per heavy atom. The highest BCUT2D eigenvalue weighted by Crippen LogP contribution is 2.40. The van der Waals surface area contributed by atoms with Crippen molar-refractivity contribution in [1.29, 1.82) is 0 Å². The first-order chi connectivity index (χ1) is 9.61. The molecular weight excluding hydrogens is 277 g/mol. The number of nitrogens with one attached hydrogen (secondary N) is 1. The summed E-state index contributed by atoms with van der Waals surface area (Å²) in [4.78, 5) is 0. The minimum absolute atomic E-state index is 0.0472. The molecule has 20 heavy (non-hydrogen) atoms. The first-order valence-electron chi connectivity index (χ1n) is 7.39. The average molecular weight is 298 g/mol. The van der Waals surface area contributed by atoms with Crippen LogP contribution in [0.3, 0.4) is 0 Å². The second-order valence-electron chi connectivity index (χ2n) is 6.16. The van der Waals surface area contributed by atoms with Crippen molar-refractivity contribution in [2.75, 3.05) is 13.2 Å². The van der Waals surface area contributed by atoms with Crippen molar-refractivity contribution in [1.82, 2.24) is 5.32 Å². The molecule has 2 nitrogen and oxygen atoms in total. The third kappa shape index (κ3) is 2.85. The van der Waals surface area contributed by atoms with Gasteiger partial charge in [0.15, 0.2) is 0 Å². The van der Waals surface area contributed by atoms with E-state index in [0.29, 0.717) is 23.0 Å². The van der Waals surface area contributed by atoms with E-state index < -0.39 is 0 Å².